The topological polar surface area (TPSA) is 108 Å². The second kappa shape index (κ2) is 15.7. The monoisotopic (exact) mass is 758 g/mol. The smallest absolute Gasteiger partial charge is 0.416 e. The molecule has 1 radical (unpaired) electrons. The molecule has 4 rings (SSSR count). The number of fused-ring (bicyclic) bond motifs is 1. The Labute approximate surface area is 314 Å². The van der Waals surface area contributed by atoms with E-state index in [-0.39, 0.29) is 82.6 Å². The van der Waals surface area contributed by atoms with Crippen LogP contribution in [0.3, 0.4) is 0 Å². The fraction of sp³-hybridized carbons (Fsp3) is 0.455. The molecule has 9 nitrogen and oxygen atoms in total. The molecule has 0 saturated heterocycles. The van der Waals surface area contributed by atoms with Gasteiger partial charge in [0, 0.05) is 56.1 Å². The van der Waals surface area contributed by atoms with E-state index in [1.54, 1.807) is 21.0 Å². The van der Waals surface area contributed by atoms with Crippen LogP contribution in [0.15, 0.2) is 42.6 Å². The van der Waals surface area contributed by atoms with E-state index < -0.39 is 77.8 Å². The predicted molar refractivity (Wildman–Crippen MR) is 173 cm³/mol. The van der Waals surface area contributed by atoms with Gasteiger partial charge in [-0.2, -0.15) is 39.5 Å². The van der Waals surface area contributed by atoms with Crippen LogP contribution in [0.5, 0.6) is 0 Å². The Morgan fingerprint density at radius 2 is 1.52 bits per heavy atom. The van der Waals surface area contributed by atoms with Crippen molar-refractivity contribution in [1.29, 1.82) is 0 Å². The fourth-order valence-electron chi connectivity index (χ4n) is 5.49. The summed E-state index contributed by atoms with van der Waals surface area (Å²) in [6, 6.07) is 2.21. The molecule has 1 aliphatic heterocycles. The third kappa shape index (κ3) is 9.80. The minimum Gasteiger partial charge on any atom is -0.481 e. The zero-order chi connectivity index (χ0) is 38.3. The van der Waals surface area contributed by atoms with Crippen LogP contribution in [-0.4, -0.2) is 83.4 Å². The van der Waals surface area contributed by atoms with Gasteiger partial charge in [-0.15, -0.1) is 0 Å². The van der Waals surface area contributed by atoms with Gasteiger partial charge in [-0.05, 0) is 74.2 Å². The first-order valence-corrected chi connectivity index (χ1v) is 15.4. The van der Waals surface area contributed by atoms with Gasteiger partial charge in [0.25, 0.3) is 0 Å². The molecule has 1 amide bonds. The summed E-state index contributed by atoms with van der Waals surface area (Å²) in [6.07, 6.45) is -14.9. The van der Waals surface area contributed by atoms with Crippen LogP contribution in [0.1, 0.15) is 73.2 Å². The van der Waals surface area contributed by atoms with Crippen LogP contribution >= 0.6 is 0 Å². The van der Waals surface area contributed by atoms with E-state index in [9.17, 15) is 54.2 Å². The zero-order valence-corrected chi connectivity index (χ0v) is 30.9. The van der Waals surface area contributed by atoms with Gasteiger partial charge in [-0.25, -0.2) is 14.8 Å². The number of nitrogens with one attached hydrogen (secondary N) is 1. The molecule has 0 bridgehead atoms. The Morgan fingerprint density at radius 3 is 2.02 bits per heavy atom. The first kappa shape index (κ1) is 42.6. The Morgan fingerprint density at radius 1 is 0.942 bits per heavy atom. The molecule has 2 atom stereocenters. The summed E-state index contributed by atoms with van der Waals surface area (Å²) in [7, 11) is 3.10. The largest absolute Gasteiger partial charge is 0.481 e. The van der Waals surface area contributed by atoms with Crippen LogP contribution in [0.4, 0.5) is 61.6 Å². The molecule has 279 valence electrons. The number of ether oxygens (including phenoxy) is 1. The molecule has 1 aliphatic rings. The van der Waals surface area contributed by atoms with Crippen molar-refractivity contribution in [2.45, 2.75) is 70.6 Å². The number of alkyl halides is 9. The Kier molecular flexibility index (Phi) is 12.9. The third-order valence-electron chi connectivity index (χ3n) is 8.32. The van der Waals surface area contributed by atoms with Crippen LogP contribution in [-0.2, 0) is 34.5 Å². The summed E-state index contributed by atoms with van der Waals surface area (Å²) in [5.74, 6) is -1.44. The number of rotatable bonds is 9. The van der Waals surface area contributed by atoms with E-state index in [4.69, 9.17) is 4.74 Å². The summed E-state index contributed by atoms with van der Waals surface area (Å²) in [6.45, 7) is 3.84. The van der Waals surface area contributed by atoms with Crippen LogP contribution in [0, 0.1) is 5.41 Å². The van der Waals surface area contributed by atoms with Crippen molar-refractivity contribution in [2.24, 2.45) is 5.41 Å². The summed E-state index contributed by atoms with van der Waals surface area (Å²) in [5.41, 5.74) is -5.59. The molecule has 1 aromatic heterocycles. The third-order valence-corrected chi connectivity index (χ3v) is 8.32. The van der Waals surface area contributed by atoms with Crippen molar-refractivity contribution in [3.8, 4) is 0 Å². The number of carboxylic acid groups (broad SMARTS) is 1. The first-order valence-electron chi connectivity index (χ1n) is 15.4. The van der Waals surface area contributed by atoms with E-state index >= 15 is 0 Å². The number of anilines is 3. The zero-order valence-electron chi connectivity index (χ0n) is 28.9. The molecule has 0 aliphatic carbocycles. The summed E-state index contributed by atoms with van der Waals surface area (Å²) < 4.78 is 128. The SMILES string of the molecule is CC[C@@H]1C[C@H](Nc2ncc(N(C)C)c(Cc3cc(C(F)(F)F)cc(C(F)(F)F)c3)n2)c2cc(C(F)(F)F)ccc2N1C(=O)OCC(C)(C)C(=O)O.[Na]. The molecule has 52 heavy (non-hydrogen) atoms. The number of nitrogens with zero attached hydrogens (tertiary/aromatic N) is 4. The molecule has 0 spiro atoms. The molecular weight excluding hydrogens is 724 g/mol. The Hall–Kier alpha value is -3.77. The normalized spacial score (nSPS) is 16.5. The van der Waals surface area contributed by atoms with E-state index in [0.29, 0.717) is 12.1 Å². The van der Waals surface area contributed by atoms with E-state index in [0.717, 1.165) is 23.1 Å². The number of aromatic nitrogens is 2. The summed E-state index contributed by atoms with van der Waals surface area (Å²) >= 11 is 0. The molecule has 2 N–H and O–H groups in total. The van der Waals surface area contributed by atoms with Gasteiger partial charge in [0.05, 0.1) is 51.4 Å². The number of benzene rings is 2. The number of halogens is 9. The van der Waals surface area contributed by atoms with Crippen molar-refractivity contribution in [1.82, 2.24) is 9.97 Å². The molecule has 3 aromatic rings. The number of carboxylic acids is 1. The van der Waals surface area contributed by atoms with Gasteiger partial charge in [0.2, 0.25) is 5.95 Å². The minimum absolute atomic E-state index is 0. The number of hydrogen-bond acceptors (Lipinski definition) is 7. The second-order valence-electron chi connectivity index (χ2n) is 12.9. The standard InChI is InChI=1S/C33H34F9N5O4.Na/c1-6-21-14-23(22-13-18(31(34,35)36)7-8-25(22)47(21)29(50)51-16-30(2,3)27(48)49)44-28-43-15-26(46(4)5)24(45-28)11-17-9-19(32(37,38)39)12-20(10-17)33(40,41)42;/h7-10,12-13,15,21,23H,6,11,14,16H2,1-5H3,(H,48,49)(H,43,44,45);/t21-,23+;/m1./s1. The summed E-state index contributed by atoms with van der Waals surface area (Å²) in [4.78, 5) is 36.1. The van der Waals surface area contributed by atoms with Crippen molar-refractivity contribution >= 4 is 58.9 Å². The Bertz CT molecular complexity index is 1750. The van der Waals surface area contributed by atoms with Gasteiger partial charge in [0.1, 0.15) is 6.61 Å². The number of hydrogen-bond donors (Lipinski definition) is 2. The molecular formula is C33H34F9N5NaO4. The average molecular weight is 759 g/mol. The maximum Gasteiger partial charge on any atom is 0.416 e. The van der Waals surface area contributed by atoms with Crippen molar-refractivity contribution in [3.05, 3.63) is 76.1 Å². The fourth-order valence-corrected chi connectivity index (χ4v) is 5.49. The van der Waals surface area contributed by atoms with E-state index in [1.165, 1.54) is 24.9 Å². The molecule has 0 fully saturated rings. The molecule has 0 saturated carbocycles. The molecule has 2 aromatic carbocycles. The van der Waals surface area contributed by atoms with Gasteiger partial charge >= 0.3 is 30.6 Å². The maximum atomic E-state index is 13.9. The van der Waals surface area contributed by atoms with Crippen LogP contribution in [0.25, 0.3) is 0 Å². The predicted octanol–water partition coefficient (Wildman–Crippen LogP) is 8.20. The molecule has 19 heteroatoms. The molecule has 0 unspecified atom stereocenters. The van der Waals surface area contributed by atoms with Gasteiger partial charge in [0.15, 0.2) is 0 Å². The number of carbonyl (C=O) groups excluding carboxylic acids is 1. The van der Waals surface area contributed by atoms with E-state index in [2.05, 4.69) is 15.3 Å². The minimum atomic E-state index is -5.08. The Balaban J connectivity index is 0.00000729. The maximum absolute atomic E-state index is 13.9. The van der Waals surface area contributed by atoms with Crippen LogP contribution in [0.2, 0.25) is 0 Å². The van der Waals surface area contributed by atoms with Crippen molar-refractivity contribution in [2.75, 3.05) is 35.8 Å². The first-order chi connectivity index (χ1) is 23.4. The number of carbonyl (C=O) groups is 2. The average Bonchev–Trinajstić information content (AvgIpc) is 3.01. The summed E-state index contributed by atoms with van der Waals surface area (Å²) in [5, 5.41) is 12.4. The number of amides is 1. The van der Waals surface area contributed by atoms with Gasteiger partial charge in [-0.3, -0.25) is 9.69 Å². The van der Waals surface area contributed by atoms with Crippen molar-refractivity contribution in [3.63, 3.8) is 0 Å². The second-order valence-corrected chi connectivity index (χ2v) is 12.9. The quantitative estimate of drug-likeness (QED) is 0.166. The van der Waals surface area contributed by atoms with Crippen LogP contribution < -0.4 is 15.1 Å². The molecule has 2 heterocycles. The van der Waals surface area contributed by atoms with Gasteiger partial charge < -0.3 is 20.1 Å². The van der Waals surface area contributed by atoms with Crippen molar-refractivity contribution < 1.29 is 58.9 Å². The van der Waals surface area contributed by atoms with Gasteiger partial charge in [-0.1, -0.05) is 6.92 Å². The van der Waals surface area contributed by atoms with E-state index in [1.807, 2.05) is 0 Å². The number of aliphatic carboxylic acids is 1.